The van der Waals surface area contributed by atoms with E-state index >= 15 is 0 Å². The number of rotatable bonds is 2. The molecular formula is C12H13ClN2O. The van der Waals surface area contributed by atoms with Crippen LogP contribution < -0.4 is 0 Å². The second-order valence-electron chi connectivity index (χ2n) is 3.85. The fourth-order valence-electron chi connectivity index (χ4n) is 1.71. The maximum Gasteiger partial charge on any atom is 0.107 e. The van der Waals surface area contributed by atoms with E-state index in [0.717, 1.165) is 16.7 Å². The minimum atomic E-state index is -0.647. The van der Waals surface area contributed by atoms with Crippen LogP contribution in [0.1, 0.15) is 22.8 Å². The van der Waals surface area contributed by atoms with Gasteiger partial charge in [0, 0.05) is 23.8 Å². The molecule has 2 rings (SSSR count). The zero-order chi connectivity index (χ0) is 11.7. The zero-order valence-electron chi connectivity index (χ0n) is 9.18. The first-order valence-corrected chi connectivity index (χ1v) is 5.38. The summed E-state index contributed by atoms with van der Waals surface area (Å²) in [7, 11) is 1.82. The molecular weight excluding hydrogens is 224 g/mol. The summed E-state index contributed by atoms with van der Waals surface area (Å²) in [5.41, 5.74) is 2.62. The number of hydrogen-bond acceptors (Lipinski definition) is 2. The van der Waals surface area contributed by atoms with Crippen LogP contribution in [0.2, 0.25) is 5.02 Å². The molecule has 1 aromatic heterocycles. The first-order valence-electron chi connectivity index (χ1n) is 5.00. The van der Waals surface area contributed by atoms with Gasteiger partial charge in [-0.1, -0.05) is 17.7 Å². The molecule has 16 heavy (non-hydrogen) atoms. The van der Waals surface area contributed by atoms with Crippen LogP contribution in [0.4, 0.5) is 0 Å². The van der Waals surface area contributed by atoms with Gasteiger partial charge in [-0.3, -0.25) is 4.68 Å². The average Bonchev–Trinajstić information content (AvgIpc) is 2.64. The minimum absolute atomic E-state index is 0.647. The molecule has 2 aromatic rings. The summed E-state index contributed by atoms with van der Waals surface area (Å²) in [6.07, 6.45) is 2.82. The molecule has 3 nitrogen and oxygen atoms in total. The van der Waals surface area contributed by atoms with Crippen LogP contribution in [0.5, 0.6) is 0 Å². The monoisotopic (exact) mass is 236 g/mol. The summed E-state index contributed by atoms with van der Waals surface area (Å²) in [5.74, 6) is 0. The lowest BCUT2D eigenvalue weighted by atomic mass is 10.00. The van der Waals surface area contributed by atoms with Gasteiger partial charge >= 0.3 is 0 Å². The first kappa shape index (κ1) is 11.2. The molecule has 0 bridgehead atoms. The Hall–Kier alpha value is -1.32. The van der Waals surface area contributed by atoms with Crippen molar-refractivity contribution in [3.05, 3.63) is 52.3 Å². The van der Waals surface area contributed by atoms with E-state index in [0.29, 0.717) is 5.02 Å². The van der Waals surface area contributed by atoms with E-state index in [4.69, 9.17) is 11.6 Å². The van der Waals surface area contributed by atoms with E-state index in [1.165, 1.54) is 0 Å². The van der Waals surface area contributed by atoms with Gasteiger partial charge in [0.05, 0.1) is 6.20 Å². The van der Waals surface area contributed by atoms with E-state index < -0.39 is 6.10 Å². The van der Waals surface area contributed by atoms with Gasteiger partial charge in [-0.25, -0.2) is 0 Å². The van der Waals surface area contributed by atoms with E-state index in [1.807, 2.05) is 26.1 Å². The van der Waals surface area contributed by atoms with Crippen molar-refractivity contribution in [1.29, 1.82) is 0 Å². The number of nitrogens with zero attached hydrogens (tertiary/aromatic N) is 2. The second kappa shape index (κ2) is 4.28. The maximum atomic E-state index is 10.2. The van der Waals surface area contributed by atoms with E-state index in [-0.39, 0.29) is 0 Å². The predicted molar refractivity (Wildman–Crippen MR) is 63.5 cm³/mol. The molecule has 84 valence electrons. The Balaban J connectivity index is 2.37. The highest BCUT2D eigenvalue weighted by Crippen LogP contribution is 2.26. The lowest BCUT2D eigenvalue weighted by Gasteiger charge is -2.12. The Morgan fingerprint density at radius 2 is 2.19 bits per heavy atom. The van der Waals surface area contributed by atoms with E-state index in [2.05, 4.69) is 5.10 Å². The van der Waals surface area contributed by atoms with Gasteiger partial charge in [-0.2, -0.15) is 5.10 Å². The number of benzene rings is 1. The molecule has 1 heterocycles. The summed E-state index contributed by atoms with van der Waals surface area (Å²) in [4.78, 5) is 0. The van der Waals surface area contributed by atoms with E-state index in [1.54, 1.807) is 23.1 Å². The highest BCUT2D eigenvalue weighted by atomic mass is 35.5. The highest BCUT2D eigenvalue weighted by molar-refractivity contribution is 6.30. The topological polar surface area (TPSA) is 38.1 Å². The maximum absolute atomic E-state index is 10.2. The van der Waals surface area contributed by atoms with Gasteiger partial charge in [0.2, 0.25) is 0 Å². The van der Waals surface area contributed by atoms with Crippen LogP contribution >= 0.6 is 11.6 Å². The van der Waals surface area contributed by atoms with Crippen molar-refractivity contribution in [2.75, 3.05) is 0 Å². The van der Waals surface area contributed by atoms with Crippen molar-refractivity contribution in [2.24, 2.45) is 7.05 Å². The molecule has 1 atom stereocenters. The third-order valence-corrected chi connectivity index (χ3v) is 2.80. The molecule has 0 fully saturated rings. The Bertz CT molecular complexity index is 507. The number of hydrogen-bond donors (Lipinski definition) is 1. The van der Waals surface area contributed by atoms with Gasteiger partial charge in [-0.15, -0.1) is 0 Å². The molecule has 0 aliphatic heterocycles. The van der Waals surface area contributed by atoms with Crippen molar-refractivity contribution >= 4 is 11.6 Å². The third kappa shape index (κ3) is 2.10. The quantitative estimate of drug-likeness (QED) is 0.870. The van der Waals surface area contributed by atoms with E-state index in [9.17, 15) is 5.11 Å². The third-order valence-electron chi connectivity index (χ3n) is 2.57. The standard InChI is InChI=1S/C12H13ClN2O/c1-8-5-10(13)3-4-11(8)12(16)9-6-14-15(2)7-9/h3-7,12,16H,1-2H3. The number of halogens is 1. The Morgan fingerprint density at radius 1 is 1.44 bits per heavy atom. The van der Waals surface area contributed by atoms with Gasteiger partial charge in [0.15, 0.2) is 0 Å². The molecule has 1 unspecified atom stereocenters. The Morgan fingerprint density at radius 3 is 2.75 bits per heavy atom. The summed E-state index contributed by atoms with van der Waals surface area (Å²) in [6, 6.07) is 5.47. The highest BCUT2D eigenvalue weighted by Gasteiger charge is 2.14. The summed E-state index contributed by atoms with van der Waals surface area (Å²) in [5, 5.41) is 14.9. The summed E-state index contributed by atoms with van der Waals surface area (Å²) < 4.78 is 1.67. The van der Waals surface area contributed by atoms with Gasteiger partial charge in [0.1, 0.15) is 6.10 Å². The molecule has 0 aliphatic rings. The molecule has 0 saturated carbocycles. The Labute approximate surface area is 99.3 Å². The number of aromatic nitrogens is 2. The molecule has 0 amide bonds. The van der Waals surface area contributed by atoms with Gasteiger partial charge in [0.25, 0.3) is 0 Å². The Kier molecular flexibility index (Phi) is 2.99. The normalized spacial score (nSPS) is 12.8. The van der Waals surface area contributed by atoms with Crippen molar-refractivity contribution in [1.82, 2.24) is 9.78 Å². The molecule has 1 aromatic carbocycles. The van der Waals surface area contributed by atoms with Crippen LogP contribution in [-0.4, -0.2) is 14.9 Å². The zero-order valence-corrected chi connectivity index (χ0v) is 9.94. The summed E-state index contributed by atoms with van der Waals surface area (Å²) in [6.45, 7) is 1.93. The number of aliphatic hydroxyl groups is 1. The minimum Gasteiger partial charge on any atom is -0.384 e. The first-order chi connectivity index (χ1) is 7.58. The van der Waals surface area contributed by atoms with Crippen LogP contribution in [-0.2, 0) is 7.05 Å². The molecule has 1 N–H and O–H groups in total. The van der Waals surface area contributed by atoms with Crippen LogP contribution in [0.25, 0.3) is 0 Å². The SMILES string of the molecule is Cc1cc(Cl)ccc1C(O)c1cnn(C)c1. The van der Waals surface area contributed by atoms with Crippen molar-refractivity contribution in [3.63, 3.8) is 0 Å². The van der Waals surface area contributed by atoms with Crippen LogP contribution in [0, 0.1) is 6.92 Å². The fourth-order valence-corrected chi connectivity index (χ4v) is 1.93. The number of aryl methyl sites for hydroxylation is 2. The largest absolute Gasteiger partial charge is 0.384 e. The van der Waals surface area contributed by atoms with Crippen molar-refractivity contribution in [2.45, 2.75) is 13.0 Å². The smallest absolute Gasteiger partial charge is 0.107 e. The molecule has 0 aliphatic carbocycles. The second-order valence-corrected chi connectivity index (χ2v) is 4.29. The van der Waals surface area contributed by atoms with Crippen LogP contribution in [0.15, 0.2) is 30.6 Å². The van der Waals surface area contributed by atoms with Gasteiger partial charge in [-0.05, 0) is 30.2 Å². The molecule has 0 radical (unpaired) electrons. The summed E-state index contributed by atoms with van der Waals surface area (Å²) >= 11 is 5.87. The van der Waals surface area contributed by atoms with Crippen molar-refractivity contribution in [3.8, 4) is 0 Å². The number of aliphatic hydroxyl groups excluding tert-OH is 1. The molecule has 0 saturated heterocycles. The van der Waals surface area contributed by atoms with Crippen LogP contribution in [0.3, 0.4) is 0 Å². The van der Waals surface area contributed by atoms with Gasteiger partial charge < -0.3 is 5.11 Å². The van der Waals surface area contributed by atoms with Crippen molar-refractivity contribution < 1.29 is 5.11 Å². The lowest BCUT2D eigenvalue weighted by molar-refractivity contribution is 0.219. The molecule has 4 heteroatoms. The fraction of sp³-hybridized carbons (Fsp3) is 0.250. The average molecular weight is 237 g/mol. The lowest BCUT2D eigenvalue weighted by Crippen LogP contribution is -2.00. The molecule has 0 spiro atoms. The predicted octanol–water partition coefficient (Wildman–Crippen LogP) is 2.46.